The van der Waals surface area contributed by atoms with Crippen LogP contribution in [0.3, 0.4) is 0 Å². The maximum Gasteiger partial charge on any atom is 0.273 e. The summed E-state index contributed by atoms with van der Waals surface area (Å²) < 4.78 is 23.1. The smallest absolute Gasteiger partial charge is 0.273 e. The number of carbonyl (C=O) groups excluding carboxylic acids is 1. The predicted molar refractivity (Wildman–Crippen MR) is 70.7 cm³/mol. The van der Waals surface area contributed by atoms with Crippen LogP contribution in [0.4, 0.5) is 0 Å². The Morgan fingerprint density at radius 1 is 1.53 bits per heavy atom. The third-order valence-electron chi connectivity index (χ3n) is 3.38. The van der Waals surface area contributed by atoms with E-state index in [4.69, 9.17) is 10.7 Å². The van der Waals surface area contributed by atoms with Gasteiger partial charge in [0, 0.05) is 17.2 Å². The standard InChI is InChI=1S/C11H16ClN3O3S/c1-2-8-10(19(12,17)18)9(15-14-8)11(16)13-6-7-4-3-5-7/h7H,2-6H2,1H3,(H,13,16)(H,14,15). The Kier molecular flexibility index (Phi) is 4.15. The van der Waals surface area contributed by atoms with Crippen molar-refractivity contribution in [2.24, 2.45) is 5.92 Å². The zero-order chi connectivity index (χ0) is 14.0. The lowest BCUT2D eigenvalue weighted by Gasteiger charge is -2.25. The molecule has 6 nitrogen and oxygen atoms in total. The molecule has 0 aliphatic heterocycles. The highest BCUT2D eigenvalue weighted by atomic mass is 35.7. The third kappa shape index (κ3) is 3.09. The Morgan fingerprint density at radius 3 is 2.68 bits per heavy atom. The number of amides is 1. The second kappa shape index (κ2) is 5.50. The number of hydrogen-bond donors (Lipinski definition) is 2. The van der Waals surface area contributed by atoms with Gasteiger partial charge in [-0.3, -0.25) is 9.89 Å². The summed E-state index contributed by atoms with van der Waals surface area (Å²) in [5.74, 6) is -0.00771. The van der Waals surface area contributed by atoms with E-state index in [9.17, 15) is 13.2 Å². The Bertz CT molecular complexity index is 578. The van der Waals surface area contributed by atoms with E-state index in [1.807, 2.05) is 0 Å². The molecule has 0 bridgehead atoms. The molecular weight excluding hydrogens is 290 g/mol. The Labute approximate surface area is 116 Å². The molecule has 2 rings (SSSR count). The monoisotopic (exact) mass is 305 g/mol. The van der Waals surface area contributed by atoms with Gasteiger partial charge < -0.3 is 5.32 Å². The van der Waals surface area contributed by atoms with E-state index in [0.29, 0.717) is 24.6 Å². The number of aryl methyl sites for hydroxylation is 1. The van der Waals surface area contributed by atoms with Crippen LogP contribution in [-0.4, -0.2) is 31.1 Å². The largest absolute Gasteiger partial charge is 0.350 e. The normalized spacial score (nSPS) is 16.1. The van der Waals surface area contributed by atoms with Gasteiger partial charge in [-0.1, -0.05) is 13.3 Å². The van der Waals surface area contributed by atoms with Crippen molar-refractivity contribution in [2.75, 3.05) is 6.54 Å². The van der Waals surface area contributed by atoms with Crippen LogP contribution in [0, 0.1) is 5.92 Å². The Hall–Kier alpha value is -1.08. The summed E-state index contributed by atoms with van der Waals surface area (Å²) in [5, 5.41) is 9.03. The van der Waals surface area contributed by atoms with Crippen molar-refractivity contribution in [3.05, 3.63) is 11.4 Å². The van der Waals surface area contributed by atoms with E-state index >= 15 is 0 Å². The van der Waals surface area contributed by atoms with Crippen LogP contribution in [0.15, 0.2) is 4.90 Å². The summed E-state index contributed by atoms with van der Waals surface area (Å²) in [5.41, 5.74) is 0.204. The molecule has 0 saturated heterocycles. The van der Waals surface area contributed by atoms with E-state index in [1.54, 1.807) is 6.92 Å². The van der Waals surface area contributed by atoms with Crippen LogP contribution < -0.4 is 5.32 Å². The molecule has 1 aromatic heterocycles. The van der Waals surface area contributed by atoms with Crippen LogP contribution >= 0.6 is 10.7 Å². The minimum absolute atomic E-state index is 0.147. The molecule has 1 heterocycles. The molecule has 0 spiro atoms. The number of H-pyrrole nitrogens is 1. The van der Waals surface area contributed by atoms with E-state index in [0.717, 1.165) is 12.8 Å². The predicted octanol–water partition coefficient (Wildman–Crippen LogP) is 1.43. The highest BCUT2D eigenvalue weighted by Gasteiger charge is 2.28. The van der Waals surface area contributed by atoms with Gasteiger partial charge in [0.1, 0.15) is 4.90 Å². The molecular formula is C11H16ClN3O3S. The van der Waals surface area contributed by atoms with Gasteiger partial charge in [-0.25, -0.2) is 8.42 Å². The SMILES string of the molecule is CCc1[nH]nc(C(=O)NCC2CCC2)c1S(=O)(=O)Cl. The first-order valence-electron chi connectivity index (χ1n) is 6.23. The molecule has 1 aliphatic rings. The van der Waals surface area contributed by atoms with Crippen LogP contribution in [0.1, 0.15) is 42.4 Å². The number of carbonyl (C=O) groups is 1. The van der Waals surface area contributed by atoms with E-state index in [2.05, 4.69) is 15.5 Å². The van der Waals surface area contributed by atoms with Crippen LogP contribution in [0.2, 0.25) is 0 Å². The quantitative estimate of drug-likeness (QED) is 0.805. The molecule has 8 heteroatoms. The molecule has 0 aromatic carbocycles. The summed E-state index contributed by atoms with van der Waals surface area (Å²) in [6.07, 6.45) is 3.79. The number of aromatic amines is 1. The molecule has 0 radical (unpaired) electrons. The van der Waals surface area contributed by atoms with Gasteiger partial charge in [0.2, 0.25) is 0 Å². The number of hydrogen-bond acceptors (Lipinski definition) is 4. The van der Waals surface area contributed by atoms with Crippen LogP contribution in [0.25, 0.3) is 0 Å². The Morgan fingerprint density at radius 2 is 2.21 bits per heavy atom. The maximum atomic E-state index is 12.0. The molecule has 106 valence electrons. The fourth-order valence-corrected chi connectivity index (χ4v) is 3.39. The highest BCUT2D eigenvalue weighted by molar-refractivity contribution is 8.13. The number of halogens is 1. The van der Waals surface area contributed by atoms with Crippen molar-refractivity contribution >= 4 is 25.6 Å². The lowest BCUT2D eigenvalue weighted by Crippen LogP contribution is -2.33. The molecule has 2 N–H and O–H groups in total. The second-order valence-electron chi connectivity index (χ2n) is 4.68. The van der Waals surface area contributed by atoms with Gasteiger partial charge in [-0.2, -0.15) is 5.10 Å². The number of aromatic nitrogens is 2. The molecule has 1 aromatic rings. The van der Waals surface area contributed by atoms with Crippen LogP contribution in [-0.2, 0) is 15.5 Å². The number of rotatable bonds is 5. The minimum atomic E-state index is -3.99. The van der Waals surface area contributed by atoms with Crippen molar-refractivity contribution in [3.8, 4) is 0 Å². The van der Waals surface area contributed by atoms with Gasteiger partial charge in [-0.05, 0) is 25.2 Å². The Balaban J connectivity index is 2.18. The first-order chi connectivity index (χ1) is 8.93. The topological polar surface area (TPSA) is 91.9 Å². The zero-order valence-electron chi connectivity index (χ0n) is 10.6. The van der Waals surface area contributed by atoms with Gasteiger partial charge in [0.05, 0.1) is 5.69 Å². The van der Waals surface area contributed by atoms with Crippen molar-refractivity contribution in [2.45, 2.75) is 37.5 Å². The summed E-state index contributed by atoms with van der Waals surface area (Å²) in [6.45, 7) is 2.31. The fraction of sp³-hybridized carbons (Fsp3) is 0.636. The molecule has 0 unspecified atom stereocenters. The number of nitrogens with one attached hydrogen (secondary N) is 2. The van der Waals surface area contributed by atoms with Gasteiger partial charge >= 0.3 is 0 Å². The van der Waals surface area contributed by atoms with Crippen molar-refractivity contribution in [1.82, 2.24) is 15.5 Å². The lowest BCUT2D eigenvalue weighted by atomic mass is 9.85. The molecule has 0 atom stereocenters. The zero-order valence-corrected chi connectivity index (χ0v) is 12.1. The summed E-state index contributed by atoms with van der Waals surface area (Å²) >= 11 is 0. The minimum Gasteiger partial charge on any atom is -0.350 e. The highest BCUT2D eigenvalue weighted by Crippen LogP contribution is 2.26. The average Bonchev–Trinajstić information content (AvgIpc) is 2.69. The maximum absolute atomic E-state index is 12.0. The molecule has 1 saturated carbocycles. The van der Waals surface area contributed by atoms with E-state index in [1.165, 1.54) is 6.42 Å². The second-order valence-corrected chi connectivity index (χ2v) is 7.18. The van der Waals surface area contributed by atoms with Crippen LogP contribution in [0.5, 0.6) is 0 Å². The van der Waals surface area contributed by atoms with Gasteiger partial charge in [-0.15, -0.1) is 0 Å². The first kappa shape index (κ1) is 14.3. The first-order valence-corrected chi connectivity index (χ1v) is 8.54. The van der Waals surface area contributed by atoms with E-state index in [-0.39, 0.29) is 10.6 Å². The fourth-order valence-electron chi connectivity index (χ4n) is 2.04. The molecule has 19 heavy (non-hydrogen) atoms. The van der Waals surface area contributed by atoms with Crippen molar-refractivity contribution in [3.63, 3.8) is 0 Å². The molecule has 1 aliphatic carbocycles. The molecule has 1 fully saturated rings. The lowest BCUT2D eigenvalue weighted by molar-refractivity contribution is 0.0930. The molecule has 1 amide bonds. The van der Waals surface area contributed by atoms with Gasteiger partial charge in [0.25, 0.3) is 15.0 Å². The van der Waals surface area contributed by atoms with Gasteiger partial charge in [0.15, 0.2) is 5.69 Å². The van der Waals surface area contributed by atoms with Crippen molar-refractivity contribution < 1.29 is 13.2 Å². The third-order valence-corrected chi connectivity index (χ3v) is 4.77. The number of nitrogens with zero attached hydrogens (tertiary/aromatic N) is 1. The van der Waals surface area contributed by atoms with E-state index < -0.39 is 15.0 Å². The van der Waals surface area contributed by atoms with Crippen molar-refractivity contribution in [1.29, 1.82) is 0 Å². The summed E-state index contributed by atoms with van der Waals surface area (Å²) in [6, 6.07) is 0. The average molecular weight is 306 g/mol. The summed E-state index contributed by atoms with van der Waals surface area (Å²) in [7, 11) is 1.38. The summed E-state index contributed by atoms with van der Waals surface area (Å²) in [4.78, 5) is 11.8.